The van der Waals surface area contributed by atoms with Gasteiger partial charge in [0.1, 0.15) is 19.3 Å². The molecule has 5 atom stereocenters. The van der Waals surface area contributed by atoms with Crippen molar-refractivity contribution >= 4 is 39.5 Å². The molecule has 0 amide bonds. The molecular weight excluding hydrogens is 1340 g/mol. The third-order valence-corrected chi connectivity index (χ3v) is 21.7. The summed E-state index contributed by atoms with van der Waals surface area (Å²) >= 11 is 0. The summed E-state index contributed by atoms with van der Waals surface area (Å²) in [5.41, 5.74) is 0. The topological polar surface area (TPSA) is 237 Å². The second kappa shape index (κ2) is 76.8. The molecule has 0 aliphatic heterocycles. The van der Waals surface area contributed by atoms with E-state index in [1.807, 2.05) is 0 Å². The van der Waals surface area contributed by atoms with E-state index in [1.54, 1.807) is 0 Å². The second-order valence-electron chi connectivity index (χ2n) is 30.7. The zero-order chi connectivity index (χ0) is 75.5. The van der Waals surface area contributed by atoms with E-state index in [9.17, 15) is 43.2 Å². The number of hydrogen-bond acceptors (Lipinski definition) is 15. The SMILES string of the molecule is CCCCCCCCCCCCCCCCCCCCCCC(=O)OC[C@H](COP(=O)(O)OC[C@@H](O)COP(=O)(O)OC[C@@H](COC(=O)CCCCCCCCCC)OC(=O)CCCCCCCCCCCCCCCC)OC(=O)CCCCCCCCCCCCCCCCCCCCC(C)C. The first-order chi connectivity index (χ1) is 50.0. The Hall–Kier alpha value is -1.94. The van der Waals surface area contributed by atoms with Crippen molar-refractivity contribution in [1.82, 2.24) is 0 Å². The summed E-state index contributed by atoms with van der Waals surface area (Å²) in [7, 11) is -9.92. The number of aliphatic hydroxyl groups is 1. The van der Waals surface area contributed by atoms with Crippen LogP contribution in [-0.2, 0) is 65.4 Å². The molecule has 0 radical (unpaired) electrons. The molecule has 612 valence electrons. The van der Waals surface area contributed by atoms with E-state index in [-0.39, 0.29) is 25.7 Å². The van der Waals surface area contributed by atoms with Gasteiger partial charge in [0.15, 0.2) is 12.2 Å². The lowest BCUT2D eigenvalue weighted by Crippen LogP contribution is -2.30. The molecule has 0 aliphatic carbocycles. The lowest BCUT2D eigenvalue weighted by atomic mass is 10.0. The maximum atomic E-state index is 13.1. The molecule has 2 unspecified atom stereocenters. The number of rotatable bonds is 84. The van der Waals surface area contributed by atoms with Crippen molar-refractivity contribution in [3.8, 4) is 0 Å². The van der Waals surface area contributed by atoms with Crippen LogP contribution < -0.4 is 0 Å². The van der Waals surface area contributed by atoms with Crippen molar-refractivity contribution in [2.24, 2.45) is 5.92 Å². The van der Waals surface area contributed by atoms with Gasteiger partial charge in [0.25, 0.3) is 0 Å². The first-order valence-electron chi connectivity index (χ1n) is 43.6. The fourth-order valence-corrected chi connectivity index (χ4v) is 14.7. The highest BCUT2D eigenvalue weighted by Gasteiger charge is 2.30. The van der Waals surface area contributed by atoms with Gasteiger partial charge in [-0.25, -0.2) is 9.13 Å². The van der Waals surface area contributed by atoms with Crippen LogP contribution in [0.5, 0.6) is 0 Å². The highest BCUT2D eigenvalue weighted by atomic mass is 31.2. The number of carbonyl (C=O) groups excluding carboxylic acids is 4. The number of phosphoric ester groups is 2. The van der Waals surface area contributed by atoms with Crippen LogP contribution in [0.4, 0.5) is 0 Å². The number of phosphoric acid groups is 2. The monoisotopic (exact) mass is 1510 g/mol. The minimum Gasteiger partial charge on any atom is -0.462 e. The van der Waals surface area contributed by atoms with Gasteiger partial charge in [-0.2, -0.15) is 0 Å². The molecule has 0 aromatic heterocycles. The summed E-state index contributed by atoms with van der Waals surface area (Å²) in [5, 5.41) is 10.6. The molecular formula is C84H164O17P2. The summed E-state index contributed by atoms with van der Waals surface area (Å²) in [6.45, 7) is 7.36. The second-order valence-corrected chi connectivity index (χ2v) is 33.6. The van der Waals surface area contributed by atoms with Crippen LogP contribution in [0.3, 0.4) is 0 Å². The standard InChI is InChI=1S/C84H164O17P2/c1-6-9-12-15-18-21-23-25-27-28-29-30-34-37-41-44-48-53-58-63-68-82(87)95-74-80(101-84(89)70-65-60-55-50-46-42-38-35-32-31-33-36-39-43-47-51-56-61-66-77(4)5)76-99-103(92,93)97-72-78(85)71-96-102(90,91)98-75-79(73-94-81(86)67-62-57-52-20-17-14-11-8-3)100-83(88)69-64-59-54-49-45-40-26-24-22-19-16-13-10-7-2/h77-80,85H,6-76H2,1-5H3,(H,90,91)(H,92,93)/t78-,79+,80+/m0/s1. The van der Waals surface area contributed by atoms with Gasteiger partial charge >= 0.3 is 39.5 Å². The highest BCUT2D eigenvalue weighted by molar-refractivity contribution is 7.47. The molecule has 0 aliphatic rings. The van der Waals surface area contributed by atoms with E-state index in [1.165, 1.54) is 276 Å². The fraction of sp³-hybridized carbons (Fsp3) is 0.952. The van der Waals surface area contributed by atoms with E-state index in [2.05, 4.69) is 34.6 Å². The van der Waals surface area contributed by atoms with Gasteiger partial charge in [0, 0.05) is 25.7 Å². The third kappa shape index (κ3) is 78.0. The van der Waals surface area contributed by atoms with Gasteiger partial charge in [-0.05, 0) is 31.6 Å². The number of aliphatic hydroxyl groups excluding tert-OH is 1. The lowest BCUT2D eigenvalue weighted by molar-refractivity contribution is -0.161. The summed E-state index contributed by atoms with van der Waals surface area (Å²) in [5.74, 6) is -1.28. The van der Waals surface area contributed by atoms with Gasteiger partial charge in [-0.1, -0.05) is 401 Å². The Labute approximate surface area is 632 Å². The molecule has 0 aromatic carbocycles. The zero-order valence-electron chi connectivity index (χ0n) is 67.5. The summed E-state index contributed by atoms with van der Waals surface area (Å²) in [4.78, 5) is 73.0. The smallest absolute Gasteiger partial charge is 0.462 e. The van der Waals surface area contributed by atoms with Gasteiger partial charge in [0.2, 0.25) is 0 Å². The average molecular weight is 1510 g/mol. The zero-order valence-corrected chi connectivity index (χ0v) is 69.3. The molecule has 3 N–H and O–H groups in total. The first-order valence-corrected chi connectivity index (χ1v) is 46.6. The summed E-state index contributed by atoms with van der Waals surface area (Å²) in [6, 6.07) is 0. The molecule has 0 spiro atoms. The highest BCUT2D eigenvalue weighted by Crippen LogP contribution is 2.45. The van der Waals surface area contributed by atoms with Crippen LogP contribution in [0.25, 0.3) is 0 Å². The molecule has 0 saturated heterocycles. The van der Waals surface area contributed by atoms with E-state index in [0.717, 1.165) is 95.8 Å². The van der Waals surface area contributed by atoms with Gasteiger partial charge in [-0.3, -0.25) is 37.3 Å². The predicted molar refractivity (Wildman–Crippen MR) is 423 cm³/mol. The molecule has 0 bridgehead atoms. The summed E-state index contributed by atoms with van der Waals surface area (Å²) < 4.78 is 68.7. The molecule has 103 heavy (non-hydrogen) atoms. The molecule has 17 nitrogen and oxygen atoms in total. The maximum absolute atomic E-state index is 13.1. The Kier molecular flexibility index (Phi) is 75.4. The van der Waals surface area contributed by atoms with E-state index in [0.29, 0.717) is 25.7 Å². The van der Waals surface area contributed by atoms with E-state index < -0.39 is 97.5 Å². The Balaban J connectivity index is 5.18. The minimum absolute atomic E-state index is 0.108. The van der Waals surface area contributed by atoms with Crippen LogP contribution >= 0.6 is 15.6 Å². The molecule has 0 aromatic rings. The first kappa shape index (κ1) is 101. The van der Waals surface area contributed by atoms with E-state index >= 15 is 0 Å². The van der Waals surface area contributed by atoms with Gasteiger partial charge in [-0.15, -0.1) is 0 Å². The minimum atomic E-state index is -4.96. The van der Waals surface area contributed by atoms with Crippen molar-refractivity contribution < 1.29 is 80.2 Å². The molecule has 0 fully saturated rings. The Morgan fingerprint density at radius 1 is 0.262 bits per heavy atom. The normalized spacial score (nSPS) is 13.8. The largest absolute Gasteiger partial charge is 0.472 e. The lowest BCUT2D eigenvalue weighted by Gasteiger charge is -2.21. The van der Waals surface area contributed by atoms with Crippen molar-refractivity contribution in [3.63, 3.8) is 0 Å². The maximum Gasteiger partial charge on any atom is 0.472 e. The third-order valence-electron chi connectivity index (χ3n) is 19.8. The summed E-state index contributed by atoms with van der Waals surface area (Å²) in [6.07, 6.45) is 69.6. The molecule has 0 saturated carbocycles. The van der Waals surface area contributed by atoms with Crippen LogP contribution in [0.1, 0.15) is 452 Å². The number of hydrogen-bond donors (Lipinski definition) is 3. The number of unbranched alkanes of at least 4 members (excludes halogenated alkanes) is 56. The van der Waals surface area contributed by atoms with E-state index in [4.69, 9.17) is 37.0 Å². The number of esters is 4. The van der Waals surface area contributed by atoms with Gasteiger partial charge in [0.05, 0.1) is 26.4 Å². The Bertz CT molecular complexity index is 1960. The fourth-order valence-electron chi connectivity index (χ4n) is 13.1. The van der Waals surface area contributed by atoms with Crippen LogP contribution in [0, 0.1) is 5.92 Å². The number of carbonyl (C=O) groups is 4. The van der Waals surface area contributed by atoms with Crippen molar-refractivity contribution in [2.75, 3.05) is 39.6 Å². The molecule has 19 heteroatoms. The quantitative estimate of drug-likeness (QED) is 0.0222. The van der Waals surface area contributed by atoms with Crippen LogP contribution in [0.15, 0.2) is 0 Å². The number of ether oxygens (including phenoxy) is 4. The van der Waals surface area contributed by atoms with Crippen molar-refractivity contribution in [1.29, 1.82) is 0 Å². The Morgan fingerprint density at radius 3 is 0.660 bits per heavy atom. The van der Waals surface area contributed by atoms with Crippen LogP contribution in [0.2, 0.25) is 0 Å². The molecule has 0 rings (SSSR count). The predicted octanol–water partition coefficient (Wildman–Crippen LogP) is 25.6. The van der Waals surface area contributed by atoms with Crippen molar-refractivity contribution in [3.05, 3.63) is 0 Å². The van der Waals surface area contributed by atoms with Crippen molar-refractivity contribution in [2.45, 2.75) is 470 Å². The van der Waals surface area contributed by atoms with Crippen LogP contribution in [-0.4, -0.2) is 96.7 Å². The molecule has 0 heterocycles. The van der Waals surface area contributed by atoms with Gasteiger partial charge < -0.3 is 33.8 Å². The Morgan fingerprint density at radius 2 is 0.447 bits per heavy atom. The average Bonchev–Trinajstić information content (AvgIpc) is 0.911.